The van der Waals surface area contributed by atoms with E-state index in [9.17, 15) is 4.79 Å². The van der Waals surface area contributed by atoms with Gasteiger partial charge in [-0.1, -0.05) is 24.3 Å². The number of fused-ring (bicyclic) bond motifs is 1. The van der Waals surface area contributed by atoms with Gasteiger partial charge in [0.05, 0.1) is 0 Å². The van der Waals surface area contributed by atoms with Crippen molar-refractivity contribution in [2.45, 2.75) is 32.2 Å². The molecule has 2 aliphatic rings. The molecule has 0 aromatic heterocycles. The van der Waals surface area contributed by atoms with Crippen LogP contribution < -0.4 is 0 Å². The molecule has 0 atom stereocenters. The lowest BCUT2D eigenvalue weighted by Crippen LogP contribution is -2.31. The summed E-state index contributed by atoms with van der Waals surface area (Å²) in [5, 5.41) is 0. The van der Waals surface area contributed by atoms with Crippen molar-refractivity contribution < 1.29 is 4.79 Å². The maximum absolute atomic E-state index is 12.0. The first-order valence-corrected chi connectivity index (χ1v) is 6.20. The Labute approximate surface area is 96.3 Å². The van der Waals surface area contributed by atoms with E-state index in [2.05, 4.69) is 29.2 Å². The van der Waals surface area contributed by atoms with Gasteiger partial charge < -0.3 is 4.90 Å². The van der Waals surface area contributed by atoms with Crippen LogP contribution in [0.2, 0.25) is 0 Å². The SMILES string of the molecule is O=C(C1CC1)N1CCCc2ccccc2C1. The van der Waals surface area contributed by atoms with E-state index >= 15 is 0 Å². The molecule has 0 N–H and O–H groups in total. The molecule has 0 saturated heterocycles. The highest BCUT2D eigenvalue weighted by Gasteiger charge is 2.33. The lowest BCUT2D eigenvalue weighted by molar-refractivity contribution is -0.133. The summed E-state index contributed by atoms with van der Waals surface area (Å²) in [7, 11) is 0. The molecular weight excluding hydrogens is 198 g/mol. The summed E-state index contributed by atoms with van der Waals surface area (Å²) in [4.78, 5) is 14.1. The molecule has 0 radical (unpaired) electrons. The lowest BCUT2D eigenvalue weighted by Gasteiger charge is -2.20. The molecule has 1 fully saturated rings. The van der Waals surface area contributed by atoms with Crippen molar-refractivity contribution in [3.8, 4) is 0 Å². The Morgan fingerprint density at radius 2 is 1.94 bits per heavy atom. The van der Waals surface area contributed by atoms with Crippen LogP contribution in [0.3, 0.4) is 0 Å². The summed E-state index contributed by atoms with van der Waals surface area (Å²) in [5.74, 6) is 0.738. The van der Waals surface area contributed by atoms with Crippen LogP contribution in [0, 0.1) is 5.92 Å². The Morgan fingerprint density at radius 3 is 2.69 bits per heavy atom. The van der Waals surface area contributed by atoms with Gasteiger partial charge in [0.25, 0.3) is 0 Å². The average Bonchev–Trinajstić information content (AvgIpc) is 3.14. The van der Waals surface area contributed by atoms with Gasteiger partial charge in [0.1, 0.15) is 0 Å². The summed E-state index contributed by atoms with van der Waals surface area (Å²) >= 11 is 0. The Morgan fingerprint density at radius 1 is 1.19 bits per heavy atom. The number of hydrogen-bond donors (Lipinski definition) is 0. The Hall–Kier alpha value is -1.31. The molecule has 1 heterocycles. The molecule has 2 nitrogen and oxygen atoms in total. The van der Waals surface area contributed by atoms with Gasteiger partial charge in [0, 0.05) is 19.0 Å². The fourth-order valence-corrected chi connectivity index (χ4v) is 2.48. The first-order chi connectivity index (χ1) is 7.84. The molecule has 16 heavy (non-hydrogen) atoms. The van der Waals surface area contributed by atoms with Crippen molar-refractivity contribution in [3.63, 3.8) is 0 Å². The summed E-state index contributed by atoms with van der Waals surface area (Å²) in [6, 6.07) is 8.52. The van der Waals surface area contributed by atoms with E-state index in [1.165, 1.54) is 11.1 Å². The van der Waals surface area contributed by atoms with Gasteiger partial charge >= 0.3 is 0 Å². The fourth-order valence-electron chi connectivity index (χ4n) is 2.48. The van der Waals surface area contributed by atoms with E-state index in [-0.39, 0.29) is 0 Å². The highest BCUT2D eigenvalue weighted by atomic mass is 16.2. The van der Waals surface area contributed by atoms with Gasteiger partial charge in [0.2, 0.25) is 5.91 Å². The molecule has 1 saturated carbocycles. The molecule has 0 unspecified atom stereocenters. The zero-order chi connectivity index (χ0) is 11.0. The molecule has 1 aromatic carbocycles. The number of carbonyl (C=O) groups excluding carboxylic acids is 1. The number of carbonyl (C=O) groups is 1. The molecule has 3 rings (SSSR count). The van der Waals surface area contributed by atoms with Crippen molar-refractivity contribution in [3.05, 3.63) is 35.4 Å². The van der Waals surface area contributed by atoms with Gasteiger partial charge in [-0.05, 0) is 36.8 Å². The second-order valence-electron chi connectivity index (χ2n) is 4.91. The summed E-state index contributed by atoms with van der Waals surface area (Å²) in [6.45, 7) is 1.76. The van der Waals surface area contributed by atoms with Gasteiger partial charge in [-0.2, -0.15) is 0 Å². The third-order valence-corrected chi connectivity index (χ3v) is 3.59. The fraction of sp³-hybridized carbons (Fsp3) is 0.500. The summed E-state index contributed by atoms with van der Waals surface area (Å²) in [6.07, 6.45) is 4.44. The summed E-state index contributed by atoms with van der Waals surface area (Å²) < 4.78 is 0. The summed E-state index contributed by atoms with van der Waals surface area (Å²) in [5.41, 5.74) is 2.77. The van der Waals surface area contributed by atoms with Gasteiger partial charge in [-0.15, -0.1) is 0 Å². The molecule has 1 aromatic rings. The largest absolute Gasteiger partial charge is 0.338 e. The second kappa shape index (κ2) is 3.93. The van der Waals surface area contributed by atoms with Crippen LogP contribution >= 0.6 is 0 Å². The van der Waals surface area contributed by atoms with Gasteiger partial charge in [0.15, 0.2) is 0 Å². The Kier molecular flexibility index (Phi) is 2.43. The molecule has 2 heteroatoms. The van der Waals surface area contributed by atoms with E-state index in [0.29, 0.717) is 11.8 Å². The second-order valence-corrected chi connectivity index (χ2v) is 4.91. The number of nitrogens with zero attached hydrogens (tertiary/aromatic N) is 1. The van der Waals surface area contributed by atoms with Crippen LogP contribution in [0.25, 0.3) is 0 Å². The number of hydrogen-bond acceptors (Lipinski definition) is 1. The van der Waals surface area contributed by atoms with E-state index in [1.54, 1.807) is 0 Å². The predicted octanol–water partition coefficient (Wildman–Crippen LogP) is 2.37. The highest BCUT2D eigenvalue weighted by Crippen LogP contribution is 2.32. The molecule has 0 spiro atoms. The first-order valence-electron chi connectivity index (χ1n) is 6.20. The smallest absolute Gasteiger partial charge is 0.225 e. The minimum absolute atomic E-state index is 0.352. The molecule has 84 valence electrons. The number of benzene rings is 1. The van der Waals surface area contributed by atoms with E-state index in [1.807, 2.05) is 0 Å². The average molecular weight is 215 g/mol. The zero-order valence-corrected chi connectivity index (χ0v) is 9.48. The normalized spacial score (nSPS) is 20.1. The Balaban J connectivity index is 1.81. The number of rotatable bonds is 1. The van der Waals surface area contributed by atoms with Gasteiger partial charge in [-0.3, -0.25) is 4.79 Å². The zero-order valence-electron chi connectivity index (χ0n) is 9.48. The molecule has 1 aliphatic carbocycles. The van der Waals surface area contributed by atoms with Gasteiger partial charge in [-0.25, -0.2) is 0 Å². The van der Waals surface area contributed by atoms with Crippen LogP contribution in [0.1, 0.15) is 30.4 Å². The highest BCUT2D eigenvalue weighted by molar-refractivity contribution is 5.81. The number of aryl methyl sites for hydroxylation is 1. The van der Waals surface area contributed by atoms with Crippen molar-refractivity contribution in [2.75, 3.05) is 6.54 Å². The third-order valence-electron chi connectivity index (χ3n) is 3.59. The van der Waals surface area contributed by atoms with Crippen molar-refractivity contribution >= 4 is 5.91 Å². The topological polar surface area (TPSA) is 20.3 Å². The van der Waals surface area contributed by atoms with Crippen LogP contribution in [-0.4, -0.2) is 17.4 Å². The Bertz CT molecular complexity index is 409. The van der Waals surface area contributed by atoms with E-state index < -0.39 is 0 Å². The van der Waals surface area contributed by atoms with Crippen molar-refractivity contribution in [1.29, 1.82) is 0 Å². The minimum atomic E-state index is 0.352. The molecule has 1 amide bonds. The van der Waals surface area contributed by atoms with E-state index in [0.717, 1.165) is 38.8 Å². The van der Waals surface area contributed by atoms with E-state index in [4.69, 9.17) is 0 Å². The standard InChI is InChI=1S/C14H17NO/c16-14(12-7-8-12)15-9-3-6-11-4-1-2-5-13(11)10-15/h1-2,4-5,12H,3,6-10H2. The molecule has 1 aliphatic heterocycles. The molecular formula is C14H17NO. The van der Waals surface area contributed by atoms with Crippen molar-refractivity contribution in [2.24, 2.45) is 5.92 Å². The maximum Gasteiger partial charge on any atom is 0.225 e. The monoisotopic (exact) mass is 215 g/mol. The number of amides is 1. The van der Waals surface area contributed by atoms with Crippen LogP contribution in [-0.2, 0) is 17.8 Å². The van der Waals surface area contributed by atoms with Crippen LogP contribution in [0.4, 0.5) is 0 Å². The van der Waals surface area contributed by atoms with Crippen molar-refractivity contribution in [1.82, 2.24) is 4.90 Å². The van der Waals surface area contributed by atoms with Crippen LogP contribution in [0.5, 0.6) is 0 Å². The predicted molar refractivity (Wildman–Crippen MR) is 62.9 cm³/mol. The third kappa shape index (κ3) is 1.84. The first kappa shape index (κ1) is 9.88. The quantitative estimate of drug-likeness (QED) is 0.704. The maximum atomic E-state index is 12.0. The minimum Gasteiger partial charge on any atom is -0.338 e. The molecule has 0 bridgehead atoms. The van der Waals surface area contributed by atoms with Crippen LogP contribution in [0.15, 0.2) is 24.3 Å². The lowest BCUT2D eigenvalue weighted by atomic mass is 10.0.